The molecule has 0 aliphatic carbocycles. The Morgan fingerprint density at radius 2 is 1.49 bits per heavy atom. The number of pyridine rings is 1. The third-order valence-electron chi connectivity index (χ3n) is 5.58. The normalized spacial score (nSPS) is 11.0. The third kappa shape index (κ3) is 6.61. The molecule has 0 aliphatic rings. The largest absolute Gasteiger partial charge is 0.497 e. The molecular formula is C29H27FN4O5. The average Bonchev–Trinajstić information content (AvgIpc) is 2.95. The van der Waals surface area contributed by atoms with Crippen molar-refractivity contribution in [3.8, 4) is 23.0 Å². The molecule has 0 bridgehead atoms. The molecule has 0 spiro atoms. The molecule has 0 atom stereocenters. The van der Waals surface area contributed by atoms with Crippen molar-refractivity contribution >= 4 is 34.1 Å². The Bertz CT molecular complexity index is 1510. The lowest BCUT2D eigenvalue weighted by atomic mass is 10.1. The first-order chi connectivity index (χ1) is 18.9. The van der Waals surface area contributed by atoms with E-state index in [0.717, 1.165) is 0 Å². The van der Waals surface area contributed by atoms with Gasteiger partial charge >= 0.3 is 0 Å². The summed E-state index contributed by atoms with van der Waals surface area (Å²) in [7, 11) is 3.12. The van der Waals surface area contributed by atoms with Crippen molar-refractivity contribution in [1.29, 1.82) is 0 Å². The number of anilines is 2. The van der Waals surface area contributed by atoms with Crippen LogP contribution < -0.4 is 30.2 Å². The summed E-state index contributed by atoms with van der Waals surface area (Å²) in [6.45, 7) is 2.34. The monoisotopic (exact) mass is 530 g/mol. The average molecular weight is 531 g/mol. The fourth-order valence-electron chi connectivity index (χ4n) is 3.64. The zero-order valence-electron chi connectivity index (χ0n) is 21.6. The fourth-order valence-corrected chi connectivity index (χ4v) is 3.64. The Morgan fingerprint density at radius 1 is 0.846 bits per heavy atom. The minimum atomic E-state index is -0.643. The van der Waals surface area contributed by atoms with E-state index in [9.17, 15) is 14.0 Å². The molecule has 1 heterocycles. The number of rotatable bonds is 10. The molecule has 0 fully saturated rings. The predicted octanol–water partition coefficient (Wildman–Crippen LogP) is 5.25. The Kier molecular flexibility index (Phi) is 8.57. The lowest BCUT2D eigenvalue weighted by Crippen LogP contribution is -2.27. The maximum atomic E-state index is 13.2. The molecule has 0 saturated heterocycles. The molecule has 0 aliphatic heterocycles. The van der Waals surface area contributed by atoms with E-state index < -0.39 is 17.6 Å². The van der Waals surface area contributed by atoms with E-state index in [1.807, 2.05) is 13.0 Å². The first kappa shape index (κ1) is 26.9. The summed E-state index contributed by atoms with van der Waals surface area (Å²) in [5.74, 6) is 0.511. The van der Waals surface area contributed by atoms with Crippen LogP contribution in [-0.2, 0) is 9.59 Å². The number of benzene rings is 3. The number of nitrogens with one attached hydrogen (secondary N) is 3. The second kappa shape index (κ2) is 12.4. The highest BCUT2D eigenvalue weighted by molar-refractivity contribution is 6.26. The topological polar surface area (TPSA) is 111 Å². The molecule has 39 heavy (non-hydrogen) atoms. The molecule has 3 N–H and O–H groups in total. The third-order valence-corrected chi connectivity index (χ3v) is 5.58. The first-order valence-electron chi connectivity index (χ1n) is 12.0. The summed E-state index contributed by atoms with van der Waals surface area (Å²) >= 11 is 0. The zero-order valence-corrected chi connectivity index (χ0v) is 21.6. The van der Waals surface area contributed by atoms with Crippen LogP contribution in [0.15, 0.2) is 84.7 Å². The summed E-state index contributed by atoms with van der Waals surface area (Å²) in [4.78, 5) is 30.1. The lowest BCUT2D eigenvalue weighted by molar-refractivity contribution is -0.118. The Labute approximate surface area is 224 Å². The van der Waals surface area contributed by atoms with Gasteiger partial charge in [0.1, 0.15) is 39.9 Å². The van der Waals surface area contributed by atoms with Gasteiger partial charge in [-0.25, -0.2) is 4.39 Å². The number of carbonyl (C=O) groups excluding carboxylic acids is 2. The molecule has 10 heteroatoms. The van der Waals surface area contributed by atoms with Gasteiger partial charge in [0.05, 0.1) is 19.6 Å². The van der Waals surface area contributed by atoms with Gasteiger partial charge in [0.15, 0.2) is 0 Å². The van der Waals surface area contributed by atoms with Crippen molar-refractivity contribution < 1.29 is 28.2 Å². The summed E-state index contributed by atoms with van der Waals surface area (Å²) in [6.07, 6.45) is 2.96. The number of hydrogen-bond acceptors (Lipinski definition) is 7. The van der Waals surface area contributed by atoms with Gasteiger partial charge in [-0.15, -0.1) is 0 Å². The Hall–Kier alpha value is -5.12. The number of halogens is 1. The summed E-state index contributed by atoms with van der Waals surface area (Å²) < 4.78 is 30.1. The Morgan fingerprint density at radius 3 is 2.08 bits per heavy atom. The number of nitrogens with zero attached hydrogens (tertiary/aromatic N) is 1. The van der Waals surface area contributed by atoms with Crippen molar-refractivity contribution in [2.45, 2.75) is 6.92 Å². The molecule has 1 aromatic heterocycles. The molecule has 0 unspecified atom stereocenters. The van der Waals surface area contributed by atoms with Crippen molar-refractivity contribution in [2.24, 2.45) is 0 Å². The Balaban J connectivity index is 1.49. The fraction of sp³-hybridized carbons (Fsp3) is 0.138. The van der Waals surface area contributed by atoms with Crippen molar-refractivity contribution in [2.75, 3.05) is 31.4 Å². The van der Waals surface area contributed by atoms with Gasteiger partial charge < -0.3 is 30.2 Å². The number of methoxy groups -OCH3 is 2. The maximum absolute atomic E-state index is 13.2. The van der Waals surface area contributed by atoms with Crippen LogP contribution in [0.3, 0.4) is 0 Å². The van der Waals surface area contributed by atoms with Gasteiger partial charge in [0.25, 0.3) is 11.8 Å². The molecule has 0 saturated carbocycles. The standard InChI is InChI=1S/C29H27FN4O5/c1-4-31-17-24(28(35)33-19-7-5-18(30)6-8-19)29(36)34-20-9-11-21(12-10-20)39-25-13-14-32-27-23(25)15-22(37-2)16-26(27)38-3/h5-17,31H,4H2,1-3H3,(H,33,35)(H,34,36)/b24-17+. The van der Waals surface area contributed by atoms with E-state index in [4.69, 9.17) is 14.2 Å². The second-order valence-electron chi connectivity index (χ2n) is 8.19. The van der Waals surface area contributed by atoms with E-state index in [2.05, 4.69) is 20.9 Å². The molecule has 4 aromatic rings. The summed E-state index contributed by atoms with van der Waals surface area (Å²) in [5, 5.41) is 8.88. The second-order valence-corrected chi connectivity index (χ2v) is 8.19. The van der Waals surface area contributed by atoms with Crippen LogP contribution in [0.5, 0.6) is 23.0 Å². The SMILES string of the molecule is CCN/C=C(\C(=O)Nc1ccc(F)cc1)C(=O)Nc1ccc(Oc2ccnc3c(OC)cc(OC)cc23)cc1. The van der Waals surface area contributed by atoms with E-state index in [0.29, 0.717) is 51.8 Å². The minimum absolute atomic E-state index is 0.146. The lowest BCUT2D eigenvalue weighted by Gasteiger charge is -2.13. The maximum Gasteiger partial charge on any atom is 0.262 e. The van der Waals surface area contributed by atoms with Gasteiger partial charge in [-0.2, -0.15) is 0 Å². The first-order valence-corrected chi connectivity index (χ1v) is 12.0. The number of ether oxygens (including phenoxy) is 3. The van der Waals surface area contributed by atoms with Crippen LogP contribution in [0, 0.1) is 5.82 Å². The van der Waals surface area contributed by atoms with Crippen molar-refractivity contribution in [3.05, 3.63) is 90.5 Å². The quantitative estimate of drug-likeness (QED) is 0.146. The number of amides is 2. The smallest absolute Gasteiger partial charge is 0.262 e. The van der Waals surface area contributed by atoms with Crippen LogP contribution in [0.4, 0.5) is 15.8 Å². The van der Waals surface area contributed by atoms with E-state index >= 15 is 0 Å². The highest BCUT2D eigenvalue weighted by Crippen LogP contribution is 2.36. The van der Waals surface area contributed by atoms with Gasteiger partial charge in [-0.3, -0.25) is 14.6 Å². The zero-order chi connectivity index (χ0) is 27.8. The van der Waals surface area contributed by atoms with Crippen molar-refractivity contribution in [1.82, 2.24) is 10.3 Å². The molecule has 200 valence electrons. The number of hydrogen-bond donors (Lipinski definition) is 3. The van der Waals surface area contributed by atoms with E-state index in [1.54, 1.807) is 56.8 Å². The van der Waals surface area contributed by atoms with Crippen LogP contribution in [0.2, 0.25) is 0 Å². The number of aromatic nitrogens is 1. The highest BCUT2D eigenvalue weighted by Gasteiger charge is 2.19. The molecule has 2 amide bonds. The van der Waals surface area contributed by atoms with Crippen LogP contribution in [0.1, 0.15) is 6.92 Å². The molecule has 3 aromatic carbocycles. The summed E-state index contributed by atoms with van der Waals surface area (Å²) in [5.41, 5.74) is 1.29. The van der Waals surface area contributed by atoms with Gasteiger partial charge in [-0.1, -0.05) is 0 Å². The van der Waals surface area contributed by atoms with Crippen LogP contribution in [-0.4, -0.2) is 37.6 Å². The van der Waals surface area contributed by atoms with Gasteiger partial charge in [-0.05, 0) is 67.6 Å². The molecule has 9 nitrogen and oxygen atoms in total. The summed E-state index contributed by atoms with van der Waals surface area (Å²) in [6, 6.07) is 17.2. The molecule has 4 rings (SSSR count). The van der Waals surface area contributed by atoms with E-state index in [-0.39, 0.29) is 5.57 Å². The molecule has 0 radical (unpaired) electrons. The van der Waals surface area contributed by atoms with Crippen LogP contribution in [0.25, 0.3) is 10.9 Å². The predicted molar refractivity (Wildman–Crippen MR) is 147 cm³/mol. The number of fused-ring (bicyclic) bond motifs is 1. The minimum Gasteiger partial charge on any atom is -0.497 e. The van der Waals surface area contributed by atoms with Crippen molar-refractivity contribution in [3.63, 3.8) is 0 Å². The number of carbonyl (C=O) groups is 2. The van der Waals surface area contributed by atoms with Gasteiger partial charge in [0, 0.05) is 36.4 Å². The van der Waals surface area contributed by atoms with Gasteiger partial charge in [0.2, 0.25) is 0 Å². The van der Waals surface area contributed by atoms with E-state index in [1.165, 1.54) is 30.5 Å². The molecular weight excluding hydrogens is 503 g/mol. The highest BCUT2D eigenvalue weighted by atomic mass is 19.1. The van der Waals surface area contributed by atoms with Crippen LogP contribution >= 0.6 is 0 Å².